The fraction of sp³-hybridized carbons (Fsp3) is 0.519. The van der Waals surface area contributed by atoms with Crippen molar-refractivity contribution >= 4 is 23.2 Å². The van der Waals surface area contributed by atoms with E-state index in [0.717, 1.165) is 19.1 Å². The van der Waals surface area contributed by atoms with Crippen molar-refractivity contribution in [3.05, 3.63) is 45.7 Å². The number of primary amides is 1. The number of phenols is 1. The fourth-order valence-corrected chi connectivity index (χ4v) is 6.59. The molecule has 1 amide bonds. The zero-order valence-electron chi connectivity index (χ0n) is 21.4. The number of aliphatic hydroxyl groups excluding tert-OH is 2. The van der Waals surface area contributed by atoms with Crippen molar-refractivity contribution in [2.45, 2.75) is 62.4 Å². The summed E-state index contributed by atoms with van der Waals surface area (Å²) in [6, 6.07) is 0.441. The highest BCUT2D eigenvalue weighted by Gasteiger charge is 2.64. The molecule has 10 nitrogen and oxygen atoms in total. The van der Waals surface area contributed by atoms with E-state index in [4.69, 9.17) is 10.5 Å². The van der Waals surface area contributed by atoms with E-state index in [2.05, 4.69) is 5.32 Å². The van der Waals surface area contributed by atoms with Crippen LogP contribution in [-0.4, -0.2) is 75.0 Å². The van der Waals surface area contributed by atoms with E-state index >= 15 is 0 Å². The van der Waals surface area contributed by atoms with E-state index in [-0.39, 0.29) is 35.6 Å². The lowest BCUT2D eigenvalue weighted by Crippen LogP contribution is -2.67. The molecule has 5 rings (SSSR count). The van der Waals surface area contributed by atoms with Crippen LogP contribution in [-0.2, 0) is 25.5 Å². The van der Waals surface area contributed by atoms with Crippen molar-refractivity contribution < 1.29 is 52.7 Å². The molecule has 0 spiro atoms. The number of Topliss-reactive ketones (excluding diaryl/α,β-unsaturated/α-hetero) is 2. The van der Waals surface area contributed by atoms with Crippen LogP contribution in [0.4, 0.5) is 13.2 Å². The number of alkyl halides is 3. The molecule has 216 valence electrons. The molecule has 0 bridgehead atoms. The maximum atomic E-state index is 13.9. The summed E-state index contributed by atoms with van der Waals surface area (Å²) in [4.78, 5) is 39.5. The molecule has 7 N–H and O–H groups in total. The number of nitrogens with two attached hydrogens (primary N) is 1. The third-order valence-electron chi connectivity index (χ3n) is 8.71. The van der Waals surface area contributed by atoms with Crippen LogP contribution in [0.1, 0.15) is 48.8 Å². The van der Waals surface area contributed by atoms with Crippen molar-refractivity contribution in [3.63, 3.8) is 0 Å². The highest BCUT2D eigenvalue weighted by atomic mass is 19.4. The Morgan fingerprint density at radius 3 is 2.42 bits per heavy atom. The minimum Gasteiger partial charge on any atom is -0.508 e. The third kappa shape index (κ3) is 4.10. The minimum atomic E-state index is -4.64. The molecule has 1 aliphatic heterocycles. The Morgan fingerprint density at radius 2 is 1.82 bits per heavy atom. The molecule has 1 saturated heterocycles. The average molecular weight is 567 g/mol. The SMILES string of the molecule is C[C@@H](c1ccc(O)c2c1C[C@H]1C[C@H]3[C@@H](NC4CCOCC4)C(=O)C(C(N)=O)=C(O)[C@@]3(O)C(=O)C1=C2O)C(F)(F)F. The molecule has 0 radical (unpaired) electrons. The summed E-state index contributed by atoms with van der Waals surface area (Å²) in [5.41, 5.74) is 0.556. The summed E-state index contributed by atoms with van der Waals surface area (Å²) in [6.07, 6.45) is -4.12. The molecule has 2 fully saturated rings. The Hall–Kier alpha value is -3.42. The molecule has 13 heteroatoms. The lowest BCUT2D eigenvalue weighted by molar-refractivity contribution is -0.151. The van der Waals surface area contributed by atoms with Crippen molar-refractivity contribution in [1.29, 1.82) is 0 Å². The van der Waals surface area contributed by atoms with Crippen LogP contribution in [0.2, 0.25) is 0 Å². The highest BCUT2D eigenvalue weighted by molar-refractivity contribution is 6.24. The number of nitrogens with one attached hydrogen (secondary N) is 1. The van der Waals surface area contributed by atoms with Crippen molar-refractivity contribution in [1.82, 2.24) is 5.32 Å². The number of phenolic OH excluding ortho intramolecular Hbond substituents is 1. The quantitative estimate of drug-likeness (QED) is 0.297. The number of halogens is 3. The van der Waals surface area contributed by atoms with Gasteiger partial charge in [0.05, 0.1) is 17.5 Å². The van der Waals surface area contributed by atoms with Crippen LogP contribution in [0.25, 0.3) is 5.76 Å². The predicted octanol–water partition coefficient (Wildman–Crippen LogP) is 1.84. The lowest BCUT2D eigenvalue weighted by atomic mass is 9.57. The molecule has 1 aromatic carbocycles. The first-order valence-electron chi connectivity index (χ1n) is 12.9. The molecule has 0 unspecified atom stereocenters. The van der Waals surface area contributed by atoms with Gasteiger partial charge in [-0.05, 0) is 55.7 Å². The van der Waals surface area contributed by atoms with Crippen molar-refractivity contribution in [2.24, 2.45) is 17.6 Å². The molecule has 1 aromatic rings. The Morgan fingerprint density at radius 1 is 1.18 bits per heavy atom. The van der Waals surface area contributed by atoms with Gasteiger partial charge in [-0.1, -0.05) is 6.07 Å². The number of hydrogen-bond donors (Lipinski definition) is 6. The number of hydrogen-bond acceptors (Lipinski definition) is 9. The summed E-state index contributed by atoms with van der Waals surface area (Å²) < 4.78 is 46.4. The van der Waals surface area contributed by atoms with E-state index in [1.54, 1.807) is 0 Å². The van der Waals surface area contributed by atoms with Gasteiger partial charge in [-0.15, -0.1) is 0 Å². The van der Waals surface area contributed by atoms with E-state index in [1.807, 2.05) is 0 Å². The molecular formula is C27H29F3N2O8. The smallest absolute Gasteiger partial charge is 0.395 e. The van der Waals surface area contributed by atoms with Gasteiger partial charge in [0.2, 0.25) is 5.78 Å². The number of ketones is 2. The molecule has 1 heterocycles. The van der Waals surface area contributed by atoms with E-state index in [9.17, 15) is 48.0 Å². The third-order valence-corrected chi connectivity index (χ3v) is 8.71. The zero-order valence-corrected chi connectivity index (χ0v) is 21.4. The second-order valence-electron chi connectivity index (χ2n) is 10.9. The first-order chi connectivity index (χ1) is 18.7. The lowest BCUT2D eigenvalue weighted by Gasteiger charge is -2.50. The first-order valence-corrected chi connectivity index (χ1v) is 12.9. The number of fused-ring (bicyclic) bond motifs is 3. The molecule has 1 saturated carbocycles. The Balaban J connectivity index is 1.67. The van der Waals surface area contributed by atoms with Crippen LogP contribution in [0.5, 0.6) is 5.75 Å². The van der Waals surface area contributed by atoms with Crippen LogP contribution in [0, 0.1) is 11.8 Å². The Labute approximate surface area is 226 Å². The van der Waals surface area contributed by atoms with Gasteiger partial charge >= 0.3 is 6.18 Å². The Kier molecular flexibility index (Phi) is 6.75. The molecule has 40 heavy (non-hydrogen) atoms. The van der Waals surface area contributed by atoms with Crippen LogP contribution in [0.15, 0.2) is 29.0 Å². The Bertz CT molecular complexity index is 1360. The van der Waals surface area contributed by atoms with E-state index in [0.29, 0.717) is 26.1 Å². The number of amides is 1. The molecular weight excluding hydrogens is 537 g/mol. The molecule has 0 aromatic heterocycles. The zero-order chi connectivity index (χ0) is 29.3. The average Bonchev–Trinajstić information content (AvgIpc) is 2.88. The molecule has 4 aliphatic rings. The van der Waals surface area contributed by atoms with Gasteiger partial charge in [0.1, 0.15) is 22.8 Å². The summed E-state index contributed by atoms with van der Waals surface area (Å²) in [5, 5.41) is 47.5. The largest absolute Gasteiger partial charge is 0.508 e. The molecule has 3 aliphatic carbocycles. The van der Waals surface area contributed by atoms with Gasteiger partial charge < -0.3 is 36.2 Å². The summed E-state index contributed by atoms with van der Waals surface area (Å²) in [6.45, 7) is 1.69. The van der Waals surface area contributed by atoms with E-state index < -0.39 is 81.5 Å². The highest BCUT2D eigenvalue weighted by Crippen LogP contribution is 2.53. The van der Waals surface area contributed by atoms with Gasteiger partial charge in [0.15, 0.2) is 11.4 Å². The topological polar surface area (TPSA) is 179 Å². The first kappa shape index (κ1) is 28.1. The summed E-state index contributed by atoms with van der Waals surface area (Å²) in [5.74, 6) is -10.4. The van der Waals surface area contributed by atoms with Gasteiger partial charge in [0.25, 0.3) is 5.91 Å². The second kappa shape index (κ2) is 9.60. The fourth-order valence-electron chi connectivity index (χ4n) is 6.59. The number of rotatable bonds is 4. The van der Waals surface area contributed by atoms with Crippen molar-refractivity contribution in [3.8, 4) is 5.75 Å². The molecule has 5 atom stereocenters. The normalized spacial score (nSPS) is 30.1. The van der Waals surface area contributed by atoms with Gasteiger partial charge in [0, 0.05) is 30.7 Å². The number of carbonyl (C=O) groups excluding carboxylic acids is 3. The maximum absolute atomic E-state index is 13.9. The number of aromatic hydroxyl groups is 1. The number of benzene rings is 1. The minimum absolute atomic E-state index is 0.0111. The van der Waals surface area contributed by atoms with Crippen molar-refractivity contribution in [2.75, 3.05) is 13.2 Å². The summed E-state index contributed by atoms with van der Waals surface area (Å²) >= 11 is 0. The summed E-state index contributed by atoms with van der Waals surface area (Å²) in [7, 11) is 0. The van der Waals surface area contributed by atoms with Crippen LogP contribution >= 0.6 is 0 Å². The van der Waals surface area contributed by atoms with Gasteiger partial charge in [-0.3, -0.25) is 14.4 Å². The number of ether oxygens (including phenoxy) is 1. The predicted molar refractivity (Wildman–Crippen MR) is 132 cm³/mol. The van der Waals surface area contributed by atoms with Crippen LogP contribution in [0.3, 0.4) is 0 Å². The number of aliphatic hydroxyl groups is 3. The van der Waals surface area contributed by atoms with Crippen LogP contribution < -0.4 is 11.1 Å². The van der Waals surface area contributed by atoms with Gasteiger partial charge in [-0.2, -0.15) is 13.2 Å². The standard InChI is InChI=1S/C27H29F3N2O8/c1-10(27(28,29)30)13-2-3-16(33)18-14(13)8-11-9-15-20(32-12-4-6-40-7-5-12)22(35)19(25(31)38)24(37)26(15,39)23(36)17(11)21(18)34/h2-3,10-12,15,20,32-34,37,39H,4-9H2,1H3,(H2,31,38)/t10-,11-,15-,20+,26-/m0/s1. The van der Waals surface area contributed by atoms with E-state index in [1.165, 1.54) is 0 Å². The maximum Gasteiger partial charge on any atom is 0.395 e. The monoisotopic (exact) mass is 566 g/mol. The number of carbonyl (C=O) groups is 3. The second-order valence-corrected chi connectivity index (χ2v) is 10.9. The van der Waals surface area contributed by atoms with Gasteiger partial charge in [-0.25, -0.2) is 0 Å².